The van der Waals surface area contributed by atoms with Crippen molar-refractivity contribution in [1.82, 2.24) is 0 Å². The predicted molar refractivity (Wildman–Crippen MR) is 79.0 cm³/mol. The smallest absolute Gasteiger partial charge is 0.124 e. The number of rotatable bonds is 5. The van der Waals surface area contributed by atoms with Gasteiger partial charge in [0.2, 0.25) is 0 Å². The van der Waals surface area contributed by atoms with Crippen LogP contribution in [0.2, 0.25) is 0 Å². The minimum absolute atomic E-state index is 0.0602. The Balaban J connectivity index is 2.37. The second kappa shape index (κ2) is 6.30. The van der Waals surface area contributed by atoms with E-state index in [-0.39, 0.29) is 17.4 Å². The molecule has 0 unspecified atom stereocenters. The van der Waals surface area contributed by atoms with E-state index in [1.807, 2.05) is 0 Å². The molecular weight excluding hydrogens is 263 g/mol. The van der Waals surface area contributed by atoms with Crippen LogP contribution in [0.1, 0.15) is 31.2 Å². The molecular formula is C14H19FN2OS. The Morgan fingerprint density at radius 2 is 2.11 bits per heavy atom. The van der Waals surface area contributed by atoms with Gasteiger partial charge in [0, 0.05) is 23.8 Å². The maximum absolute atomic E-state index is 13.4. The lowest BCUT2D eigenvalue weighted by Gasteiger charge is -2.32. The second-order valence-corrected chi connectivity index (χ2v) is 5.32. The normalized spacial score (nSPS) is 15.7. The molecule has 0 amide bonds. The molecule has 0 aliphatic heterocycles. The van der Waals surface area contributed by atoms with Gasteiger partial charge in [-0.05, 0) is 31.0 Å². The van der Waals surface area contributed by atoms with E-state index in [2.05, 4.69) is 4.90 Å². The summed E-state index contributed by atoms with van der Waals surface area (Å²) in [5.41, 5.74) is 7.07. The molecule has 0 radical (unpaired) electrons. The van der Waals surface area contributed by atoms with Crippen LogP contribution in [0.15, 0.2) is 18.2 Å². The third-order valence-corrected chi connectivity index (χ3v) is 3.86. The van der Waals surface area contributed by atoms with Crippen LogP contribution in [0, 0.1) is 5.82 Å². The van der Waals surface area contributed by atoms with Gasteiger partial charge >= 0.3 is 0 Å². The molecule has 1 fully saturated rings. The molecule has 2 rings (SSSR count). The molecule has 104 valence electrons. The highest BCUT2D eigenvalue weighted by Gasteiger charge is 2.24. The fourth-order valence-corrected chi connectivity index (χ4v) is 2.94. The lowest BCUT2D eigenvalue weighted by Crippen LogP contribution is -2.37. The monoisotopic (exact) mass is 282 g/mol. The molecule has 1 aliphatic rings. The van der Waals surface area contributed by atoms with Crippen molar-refractivity contribution >= 4 is 22.9 Å². The van der Waals surface area contributed by atoms with E-state index in [9.17, 15) is 9.50 Å². The lowest BCUT2D eigenvalue weighted by molar-refractivity contribution is 0.297. The summed E-state index contributed by atoms with van der Waals surface area (Å²) in [7, 11) is 0. The predicted octanol–water partition coefficient (Wildman–Crippen LogP) is 2.20. The van der Waals surface area contributed by atoms with Crippen LogP contribution in [-0.4, -0.2) is 29.3 Å². The van der Waals surface area contributed by atoms with Crippen LogP contribution < -0.4 is 10.6 Å². The van der Waals surface area contributed by atoms with Crippen molar-refractivity contribution in [3.8, 4) is 0 Å². The zero-order valence-corrected chi connectivity index (χ0v) is 11.6. The van der Waals surface area contributed by atoms with Crippen LogP contribution in [0.25, 0.3) is 0 Å². The molecule has 0 aromatic heterocycles. The van der Waals surface area contributed by atoms with Crippen molar-refractivity contribution in [3.63, 3.8) is 0 Å². The van der Waals surface area contributed by atoms with Gasteiger partial charge in [0.25, 0.3) is 0 Å². The second-order valence-electron chi connectivity index (χ2n) is 4.88. The summed E-state index contributed by atoms with van der Waals surface area (Å²) in [6, 6.07) is 4.87. The standard InChI is InChI=1S/C14H19FN2OS/c15-10-5-6-13(12(9-10)14(16)19)17(7-8-18)11-3-1-2-4-11/h5-6,9,11,18H,1-4,7-8H2,(H2,16,19). The average molecular weight is 282 g/mol. The zero-order chi connectivity index (χ0) is 13.8. The van der Waals surface area contributed by atoms with E-state index in [1.165, 1.54) is 25.0 Å². The van der Waals surface area contributed by atoms with Crippen molar-refractivity contribution in [2.45, 2.75) is 31.7 Å². The number of nitrogens with two attached hydrogens (primary N) is 1. The summed E-state index contributed by atoms with van der Waals surface area (Å²) < 4.78 is 13.4. The SMILES string of the molecule is NC(=S)c1cc(F)ccc1N(CCO)C1CCCC1. The maximum atomic E-state index is 13.4. The summed E-state index contributed by atoms with van der Waals surface area (Å²) in [6.07, 6.45) is 4.56. The largest absolute Gasteiger partial charge is 0.395 e. The Hall–Kier alpha value is -1.20. The molecule has 1 aromatic carbocycles. The first kappa shape index (κ1) is 14.2. The van der Waals surface area contributed by atoms with Crippen LogP contribution in [-0.2, 0) is 0 Å². The minimum atomic E-state index is -0.345. The third-order valence-electron chi connectivity index (χ3n) is 3.64. The Labute approximate surface area is 118 Å². The molecule has 19 heavy (non-hydrogen) atoms. The fourth-order valence-electron chi connectivity index (χ4n) is 2.78. The van der Waals surface area contributed by atoms with Gasteiger partial charge in [-0.15, -0.1) is 0 Å². The summed E-state index contributed by atoms with van der Waals surface area (Å²) >= 11 is 5.01. The summed E-state index contributed by atoms with van der Waals surface area (Å²) in [4.78, 5) is 2.30. The quantitative estimate of drug-likeness (QED) is 0.813. The van der Waals surface area contributed by atoms with Crippen molar-refractivity contribution < 1.29 is 9.50 Å². The van der Waals surface area contributed by atoms with Gasteiger partial charge in [0.05, 0.1) is 6.61 Å². The molecule has 1 aromatic rings. The first-order valence-corrected chi connectivity index (χ1v) is 7.01. The zero-order valence-electron chi connectivity index (χ0n) is 10.8. The molecule has 5 heteroatoms. The van der Waals surface area contributed by atoms with Crippen molar-refractivity contribution in [2.24, 2.45) is 5.73 Å². The molecule has 1 aliphatic carbocycles. The minimum Gasteiger partial charge on any atom is -0.395 e. The van der Waals surface area contributed by atoms with E-state index in [4.69, 9.17) is 18.0 Å². The molecule has 1 saturated carbocycles. The number of aliphatic hydroxyl groups is 1. The van der Waals surface area contributed by atoms with Gasteiger partial charge in [-0.2, -0.15) is 0 Å². The molecule has 3 N–H and O–H groups in total. The summed E-state index contributed by atoms with van der Waals surface area (Å²) in [5, 5.41) is 9.26. The summed E-state index contributed by atoms with van der Waals surface area (Å²) in [5.74, 6) is -0.345. The lowest BCUT2D eigenvalue weighted by atomic mass is 10.1. The van der Waals surface area contributed by atoms with E-state index >= 15 is 0 Å². The third kappa shape index (κ3) is 3.22. The number of hydrogen-bond donors (Lipinski definition) is 2. The van der Waals surface area contributed by atoms with Gasteiger partial charge in [0.1, 0.15) is 10.8 Å². The Morgan fingerprint density at radius 3 is 2.68 bits per heavy atom. The molecule has 0 bridgehead atoms. The molecule has 0 spiro atoms. The molecule has 0 atom stereocenters. The Morgan fingerprint density at radius 1 is 1.42 bits per heavy atom. The Bertz CT molecular complexity index is 461. The van der Waals surface area contributed by atoms with E-state index < -0.39 is 0 Å². The van der Waals surface area contributed by atoms with Crippen LogP contribution in [0.4, 0.5) is 10.1 Å². The number of thiocarbonyl (C=S) groups is 1. The van der Waals surface area contributed by atoms with Gasteiger partial charge in [-0.1, -0.05) is 25.1 Å². The van der Waals surface area contributed by atoms with Gasteiger partial charge in [-0.25, -0.2) is 4.39 Å². The van der Waals surface area contributed by atoms with Crippen LogP contribution >= 0.6 is 12.2 Å². The highest BCUT2D eigenvalue weighted by Crippen LogP contribution is 2.30. The summed E-state index contributed by atoms with van der Waals surface area (Å²) in [6.45, 7) is 0.580. The Kier molecular flexibility index (Phi) is 4.71. The number of nitrogens with zero attached hydrogens (tertiary/aromatic N) is 1. The average Bonchev–Trinajstić information content (AvgIpc) is 2.90. The molecule has 3 nitrogen and oxygen atoms in total. The number of benzene rings is 1. The highest BCUT2D eigenvalue weighted by molar-refractivity contribution is 7.80. The highest BCUT2D eigenvalue weighted by atomic mass is 32.1. The number of aliphatic hydroxyl groups excluding tert-OH is 1. The van der Waals surface area contributed by atoms with Gasteiger partial charge in [0.15, 0.2) is 0 Å². The van der Waals surface area contributed by atoms with Crippen molar-refractivity contribution in [2.75, 3.05) is 18.1 Å². The van der Waals surface area contributed by atoms with E-state index in [0.29, 0.717) is 18.2 Å². The first-order chi connectivity index (χ1) is 9.13. The first-order valence-electron chi connectivity index (χ1n) is 6.60. The maximum Gasteiger partial charge on any atom is 0.124 e. The molecule has 0 heterocycles. The topological polar surface area (TPSA) is 49.5 Å². The van der Waals surface area contributed by atoms with Crippen molar-refractivity contribution in [3.05, 3.63) is 29.6 Å². The number of halogens is 1. The number of anilines is 1. The number of hydrogen-bond acceptors (Lipinski definition) is 3. The van der Waals surface area contributed by atoms with Crippen LogP contribution in [0.5, 0.6) is 0 Å². The van der Waals surface area contributed by atoms with E-state index in [0.717, 1.165) is 18.5 Å². The van der Waals surface area contributed by atoms with Crippen LogP contribution in [0.3, 0.4) is 0 Å². The van der Waals surface area contributed by atoms with Gasteiger partial charge < -0.3 is 15.7 Å². The fraction of sp³-hybridized carbons (Fsp3) is 0.500. The van der Waals surface area contributed by atoms with Crippen molar-refractivity contribution in [1.29, 1.82) is 0 Å². The van der Waals surface area contributed by atoms with Gasteiger partial charge in [-0.3, -0.25) is 0 Å². The molecule has 0 saturated heterocycles. The van der Waals surface area contributed by atoms with E-state index in [1.54, 1.807) is 6.07 Å².